The van der Waals surface area contributed by atoms with E-state index in [0.29, 0.717) is 5.56 Å². The maximum atomic E-state index is 13.0. The van der Waals surface area contributed by atoms with Gasteiger partial charge in [0, 0.05) is 0 Å². The predicted molar refractivity (Wildman–Crippen MR) is 53.8 cm³/mol. The fourth-order valence-corrected chi connectivity index (χ4v) is 1.55. The molecule has 0 radical (unpaired) electrons. The SMILES string of the molecule is Cc1ccc([C@H](N)C(F)(F)C(F)(F)F)c(C)c1. The van der Waals surface area contributed by atoms with Gasteiger partial charge in [0.1, 0.15) is 6.04 Å². The average molecular weight is 253 g/mol. The summed E-state index contributed by atoms with van der Waals surface area (Å²) in [5, 5.41) is 0. The highest BCUT2D eigenvalue weighted by Gasteiger charge is 2.61. The third kappa shape index (κ3) is 2.57. The molecule has 0 bridgehead atoms. The van der Waals surface area contributed by atoms with Gasteiger partial charge in [0.2, 0.25) is 0 Å². The first-order valence-corrected chi connectivity index (χ1v) is 4.84. The third-order valence-corrected chi connectivity index (χ3v) is 2.53. The molecule has 0 saturated carbocycles. The lowest BCUT2D eigenvalue weighted by atomic mass is 9.95. The minimum Gasteiger partial charge on any atom is -0.319 e. The number of nitrogens with two attached hydrogens (primary N) is 1. The van der Waals surface area contributed by atoms with Crippen molar-refractivity contribution in [2.75, 3.05) is 0 Å². The van der Waals surface area contributed by atoms with Crippen molar-refractivity contribution >= 4 is 0 Å². The van der Waals surface area contributed by atoms with Gasteiger partial charge in [-0.15, -0.1) is 0 Å². The minimum absolute atomic E-state index is 0.196. The number of halogens is 5. The van der Waals surface area contributed by atoms with Gasteiger partial charge in [-0.1, -0.05) is 23.8 Å². The fourth-order valence-electron chi connectivity index (χ4n) is 1.55. The molecule has 1 aromatic rings. The van der Waals surface area contributed by atoms with Crippen LogP contribution in [0.4, 0.5) is 22.0 Å². The Balaban J connectivity index is 3.17. The van der Waals surface area contributed by atoms with Crippen molar-refractivity contribution in [2.45, 2.75) is 32.0 Å². The zero-order valence-electron chi connectivity index (χ0n) is 9.28. The first kappa shape index (κ1) is 13.9. The summed E-state index contributed by atoms with van der Waals surface area (Å²) in [5.41, 5.74) is 5.94. The van der Waals surface area contributed by atoms with Gasteiger partial charge in [-0.05, 0) is 25.0 Å². The van der Waals surface area contributed by atoms with Crippen molar-refractivity contribution in [3.8, 4) is 0 Å². The Bertz CT molecular complexity index is 411. The number of hydrogen-bond acceptors (Lipinski definition) is 1. The molecule has 2 N–H and O–H groups in total. The smallest absolute Gasteiger partial charge is 0.319 e. The van der Waals surface area contributed by atoms with Crippen LogP contribution < -0.4 is 5.73 Å². The van der Waals surface area contributed by atoms with Crippen LogP contribution in [0.2, 0.25) is 0 Å². The van der Waals surface area contributed by atoms with Crippen molar-refractivity contribution in [3.63, 3.8) is 0 Å². The van der Waals surface area contributed by atoms with Crippen LogP contribution >= 0.6 is 0 Å². The quantitative estimate of drug-likeness (QED) is 0.802. The summed E-state index contributed by atoms with van der Waals surface area (Å²) >= 11 is 0. The summed E-state index contributed by atoms with van der Waals surface area (Å²) in [6, 6.07) is 1.79. The van der Waals surface area contributed by atoms with Crippen LogP contribution in [0.3, 0.4) is 0 Å². The highest BCUT2D eigenvalue weighted by atomic mass is 19.4. The molecule has 0 unspecified atom stereocenters. The maximum Gasteiger partial charge on any atom is 0.455 e. The topological polar surface area (TPSA) is 26.0 Å². The monoisotopic (exact) mass is 253 g/mol. The Morgan fingerprint density at radius 2 is 1.59 bits per heavy atom. The lowest BCUT2D eigenvalue weighted by Gasteiger charge is -2.27. The van der Waals surface area contributed by atoms with Gasteiger partial charge in [0.05, 0.1) is 0 Å². The van der Waals surface area contributed by atoms with E-state index < -0.39 is 18.1 Å². The van der Waals surface area contributed by atoms with Gasteiger partial charge in [0.25, 0.3) is 0 Å². The van der Waals surface area contributed by atoms with Crippen LogP contribution in [-0.4, -0.2) is 12.1 Å². The molecule has 1 atom stereocenters. The molecule has 1 aromatic carbocycles. The van der Waals surface area contributed by atoms with Crippen molar-refractivity contribution < 1.29 is 22.0 Å². The molecule has 6 heteroatoms. The lowest BCUT2D eigenvalue weighted by molar-refractivity contribution is -0.291. The average Bonchev–Trinajstić information content (AvgIpc) is 2.14. The van der Waals surface area contributed by atoms with Crippen LogP contribution in [0.5, 0.6) is 0 Å². The number of alkyl halides is 5. The molecule has 1 rings (SSSR count). The largest absolute Gasteiger partial charge is 0.455 e. The van der Waals surface area contributed by atoms with E-state index in [9.17, 15) is 22.0 Å². The van der Waals surface area contributed by atoms with Crippen molar-refractivity contribution in [1.29, 1.82) is 0 Å². The van der Waals surface area contributed by atoms with Crippen LogP contribution in [0.1, 0.15) is 22.7 Å². The van der Waals surface area contributed by atoms with Crippen LogP contribution in [-0.2, 0) is 0 Å². The van der Waals surface area contributed by atoms with E-state index in [1.54, 1.807) is 6.92 Å². The molecule has 0 fully saturated rings. The molecule has 17 heavy (non-hydrogen) atoms. The molecule has 0 saturated heterocycles. The van der Waals surface area contributed by atoms with E-state index in [1.807, 2.05) is 0 Å². The molecule has 0 aliphatic carbocycles. The highest BCUT2D eigenvalue weighted by molar-refractivity contribution is 5.34. The van der Waals surface area contributed by atoms with Gasteiger partial charge >= 0.3 is 12.1 Å². The van der Waals surface area contributed by atoms with Gasteiger partial charge in [-0.25, -0.2) is 0 Å². The lowest BCUT2D eigenvalue weighted by Crippen LogP contribution is -2.46. The van der Waals surface area contributed by atoms with Gasteiger partial charge in [-0.3, -0.25) is 0 Å². The molecule has 1 nitrogen and oxygen atoms in total. The second-order valence-electron chi connectivity index (χ2n) is 3.96. The van der Waals surface area contributed by atoms with E-state index >= 15 is 0 Å². The fraction of sp³-hybridized carbons (Fsp3) is 0.455. The summed E-state index contributed by atoms with van der Waals surface area (Å²) in [4.78, 5) is 0. The highest BCUT2D eigenvalue weighted by Crippen LogP contribution is 2.43. The zero-order chi connectivity index (χ0) is 13.4. The van der Waals surface area contributed by atoms with E-state index in [0.717, 1.165) is 5.56 Å². The number of aryl methyl sites for hydroxylation is 2. The van der Waals surface area contributed by atoms with Crippen molar-refractivity contribution in [2.24, 2.45) is 5.73 Å². The Hall–Kier alpha value is -1.17. The van der Waals surface area contributed by atoms with E-state index in [2.05, 4.69) is 0 Å². The third-order valence-electron chi connectivity index (χ3n) is 2.53. The summed E-state index contributed by atoms with van der Waals surface area (Å²) in [6.07, 6.45) is -5.65. The second kappa shape index (κ2) is 4.25. The van der Waals surface area contributed by atoms with Crippen molar-refractivity contribution in [3.05, 3.63) is 34.9 Å². The summed E-state index contributed by atoms with van der Waals surface area (Å²) in [7, 11) is 0. The Morgan fingerprint density at radius 3 is 2.00 bits per heavy atom. The van der Waals surface area contributed by atoms with Gasteiger partial charge in [-0.2, -0.15) is 22.0 Å². The molecule has 0 aliphatic rings. The molecule has 0 aromatic heterocycles. The Morgan fingerprint density at radius 1 is 1.06 bits per heavy atom. The normalized spacial score (nSPS) is 14.8. The van der Waals surface area contributed by atoms with Crippen molar-refractivity contribution in [1.82, 2.24) is 0 Å². The molecular formula is C11H12F5N. The Kier molecular flexibility index (Phi) is 3.47. The van der Waals surface area contributed by atoms with Crippen LogP contribution in [0.15, 0.2) is 18.2 Å². The summed E-state index contributed by atoms with van der Waals surface area (Å²) in [6.45, 7) is 3.17. The second-order valence-corrected chi connectivity index (χ2v) is 3.96. The van der Waals surface area contributed by atoms with E-state index in [-0.39, 0.29) is 5.56 Å². The molecule has 96 valence electrons. The summed E-state index contributed by atoms with van der Waals surface area (Å²) in [5.74, 6) is -4.94. The van der Waals surface area contributed by atoms with Crippen LogP contribution in [0.25, 0.3) is 0 Å². The first-order valence-electron chi connectivity index (χ1n) is 4.84. The summed E-state index contributed by atoms with van der Waals surface area (Å²) < 4.78 is 62.5. The van der Waals surface area contributed by atoms with Gasteiger partial charge in [0.15, 0.2) is 0 Å². The molecule has 0 spiro atoms. The predicted octanol–water partition coefficient (Wildman–Crippen LogP) is 3.50. The van der Waals surface area contributed by atoms with E-state index in [1.165, 1.54) is 25.1 Å². The number of hydrogen-bond donors (Lipinski definition) is 1. The first-order chi connectivity index (χ1) is 7.57. The number of benzene rings is 1. The Labute approximate surface area is 95.4 Å². The maximum absolute atomic E-state index is 13.0. The van der Waals surface area contributed by atoms with Crippen LogP contribution in [0, 0.1) is 13.8 Å². The molecule has 0 aliphatic heterocycles. The molecule has 0 heterocycles. The zero-order valence-corrected chi connectivity index (χ0v) is 9.28. The number of rotatable bonds is 2. The van der Waals surface area contributed by atoms with E-state index in [4.69, 9.17) is 5.73 Å². The molecule has 0 amide bonds. The minimum atomic E-state index is -5.65. The van der Waals surface area contributed by atoms with Gasteiger partial charge < -0.3 is 5.73 Å². The standard InChI is InChI=1S/C11H12F5N/c1-6-3-4-8(7(2)5-6)9(17)10(12,13)11(14,15)16/h3-5,9H,17H2,1-2H3/t9-/m0/s1. The molecular weight excluding hydrogens is 241 g/mol.